The molecule has 0 spiro atoms. The molecular weight excluding hydrogens is 209 g/mol. The summed E-state index contributed by atoms with van der Waals surface area (Å²) in [5, 5.41) is 10.4. The Morgan fingerprint density at radius 2 is 2.00 bits per heavy atom. The minimum absolute atomic E-state index is 0.365. The van der Waals surface area contributed by atoms with E-state index in [-0.39, 0.29) is 6.04 Å². The van der Waals surface area contributed by atoms with Crippen LogP contribution >= 0.6 is 23.2 Å². The first-order chi connectivity index (χ1) is 6.04. The molecule has 1 aromatic carbocycles. The Balaban J connectivity index is 3.07. The van der Waals surface area contributed by atoms with Gasteiger partial charge < -0.3 is 10.8 Å². The molecule has 2 nitrogen and oxygen atoms in total. The number of aliphatic hydroxyl groups excluding tert-OH is 1. The van der Waals surface area contributed by atoms with Crippen LogP contribution in [0.3, 0.4) is 0 Å². The zero-order valence-electron chi connectivity index (χ0n) is 7.17. The number of hydrogen-bond acceptors (Lipinski definition) is 2. The zero-order valence-corrected chi connectivity index (χ0v) is 8.68. The normalized spacial score (nSPS) is 15.5. The minimum atomic E-state index is -0.772. The van der Waals surface area contributed by atoms with Gasteiger partial charge in [-0.2, -0.15) is 0 Å². The maximum Gasteiger partial charge on any atom is 0.0953 e. The van der Waals surface area contributed by atoms with Crippen LogP contribution in [0, 0.1) is 0 Å². The van der Waals surface area contributed by atoms with E-state index in [4.69, 9.17) is 28.9 Å². The van der Waals surface area contributed by atoms with Gasteiger partial charge in [-0.1, -0.05) is 35.3 Å². The molecule has 0 unspecified atom stereocenters. The van der Waals surface area contributed by atoms with Crippen molar-refractivity contribution in [1.29, 1.82) is 0 Å². The Morgan fingerprint density at radius 1 is 1.38 bits per heavy atom. The smallest absolute Gasteiger partial charge is 0.0953 e. The van der Waals surface area contributed by atoms with Gasteiger partial charge in [0.25, 0.3) is 0 Å². The number of aliphatic hydroxyl groups is 1. The zero-order chi connectivity index (χ0) is 10.0. The van der Waals surface area contributed by atoms with Crippen molar-refractivity contribution in [3.8, 4) is 0 Å². The molecule has 4 heteroatoms. The fraction of sp³-hybridized carbons (Fsp3) is 0.333. The van der Waals surface area contributed by atoms with E-state index in [1.807, 2.05) is 0 Å². The lowest BCUT2D eigenvalue weighted by Gasteiger charge is -2.16. The first-order valence-electron chi connectivity index (χ1n) is 3.91. The fourth-order valence-corrected chi connectivity index (χ4v) is 1.45. The van der Waals surface area contributed by atoms with Crippen LogP contribution in [0.2, 0.25) is 10.0 Å². The third-order valence-electron chi connectivity index (χ3n) is 1.80. The number of nitrogens with two attached hydrogens (primary N) is 1. The molecule has 0 bridgehead atoms. The van der Waals surface area contributed by atoms with Crippen molar-refractivity contribution in [2.75, 3.05) is 0 Å². The first kappa shape index (κ1) is 10.8. The quantitative estimate of drug-likeness (QED) is 0.803. The molecule has 0 amide bonds. The predicted molar refractivity (Wildman–Crippen MR) is 55.1 cm³/mol. The van der Waals surface area contributed by atoms with E-state index in [0.29, 0.717) is 15.6 Å². The van der Waals surface area contributed by atoms with E-state index in [1.54, 1.807) is 25.1 Å². The van der Waals surface area contributed by atoms with Gasteiger partial charge in [0, 0.05) is 11.6 Å². The summed E-state index contributed by atoms with van der Waals surface area (Å²) in [5.74, 6) is 0. The molecule has 3 N–H and O–H groups in total. The van der Waals surface area contributed by atoms with Crippen LogP contribution in [0.1, 0.15) is 18.6 Å². The highest BCUT2D eigenvalue weighted by molar-refractivity contribution is 6.42. The largest absolute Gasteiger partial charge is 0.387 e. The van der Waals surface area contributed by atoms with Crippen molar-refractivity contribution in [1.82, 2.24) is 0 Å². The minimum Gasteiger partial charge on any atom is -0.387 e. The van der Waals surface area contributed by atoms with Gasteiger partial charge in [0.1, 0.15) is 0 Å². The molecule has 0 aliphatic carbocycles. The Kier molecular flexibility index (Phi) is 3.56. The summed E-state index contributed by atoms with van der Waals surface area (Å²) in [6, 6.07) is 4.74. The van der Waals surface area contributed by atoms with Crippen LogP contribution in [-0.2, 0) is 0 Å². The summed E-state index contributed by atoms with van der Waals surface area (Å²) >= 11 is 11.7. The second-order valence-electron chi connectivity index (χ2n) is 2.95. The standard InChI is InChI=1S/C9H11Cl2NO/c1-5(12)9(13)6-3-2-4-7(10)8(6)11/h2-5,9,13H,12H2,1H3/t5-,9-/m0/s1. The highest BCUT2D eigenvalue weighted by atomic mass is 35.5. The molecule has 1 rings (SSSR count). The number of hydrogen-bond donors (Lipinski definition) is 2. The molecule has 0 saturated heterocycles. The topological polar surface area (TPSA) is 46.2 Å². The van der Waals surface area contributed by atoms with Crippen molar-refractivity contribution in [2.45, 2.75) is 19.1 Å². The van der Waals surface area contributed by atoms with E-state index < -0.39 is 6.10 Å². The van der Waals surface area contributed by atoms with E-state index >= 15 is 0 Å². The van der Waals surface area contributed by atoms with Crippen molar-refractivity contribution in [3.63, 3.8) is 0 Å². The lowest BCUT2D eigenvalue weighted by atomic mass is 10.0. The summed E-state index contributed by atoms with van der Waals surface area (Å²) in [5.41, 5.74) is 6.11. The van der Waals surface area contributed by atoms with E-state index in [1.165, 1.54) is 0 Å². The van der Waals surface area contributed by atoms with Crippen molar-refractivity contribution in [3.05, 3.63) is 33.8 Å². The lowest BCUT2D eigenvalue weighted by molar-refractivity contribution is 0.153. The molecule has 2 atom stereocenters. The Morgan fingerprint density at radius 3 is 2.54 bits per heavy atom. The number of halogens is 2. The van der Waals surface area contributed by atoms with Crippen LogP contribution < -0.4 is 5.73 Å². The molecule has 13 heavy (non-hydrogen) atoms. The van der Waals surface area contributed by atoms with Crippen molar-refractivity contribution in [2.24, 2.45) is 5.73 Å². The first-order valence-corrected chi connectivity index (χ1v) is 4.67. The second kappa shape index (κ2) is 4.29. The Bertz CT molecular complexity index is 302. The van der Waals surface area contributed by atoms with Gasteiger partial charge in [-0.05, 0) is 13.0 Å². The van der Waals surface area contributed by atoms with Gasteiger partial charge >= 0.3 is 0 Å². The van der Waals surface area contributed by atoms with Gasteiger partial charge in [-0.15, -0.1) is 0 Å². The summed E-state index contributed by atoms with van der Waals surface area (Å²) in [7, 11) is 0. The van der Waals surface area contributed by atoms with Gasteiger partial charge in [0.05, 0.1) is 16.1 Å². The summed E-state index contributed by atoms with van der Waals surface area (Å²) < 4.78 is 0. The molecule has 0 aliphatic rings. The third kappa shape index (κ3) is 2.35. The van der Waals surface area contributed by atoms with Crippen LogP contribution in [0.4, 0.5) is 0 Å². The number of rotatable bonds is 2. The average Bonchev–Trinajstić information content (AvgIpc) is 2.08. The Labute approximate surface area is 87.3 Å². The van der Waals surface area contributed by atoms with Crippen LogP contribution in [-0.4, -0.2) is 11.1 Å². The molecule has 0 aliphatic heterocycles. The molecule has 0 saturated carbocycles. The van der Waals surface area contributed by atoms with E-state index in [9.17, 15) is 5.11 Å². The third-order valence-corrected chi connectivity index (χ3v) is 2.63. The summed E-state index contributed by atoms with van der Waals surface area (Å²) in [6.07, 6.45) is -0.772. The van der Waals surface area contributed by atoms with E-state index in [0.717, 1.165) is 0 Å². The molecular formula is C9H11Cl2NO. The van der Waals surface area contributed by atoms with E-state index in [2.05, 4.69) is 0 Å². The molecule has 72 valence electrons. The molecule has 0 heterocycles. The maximum atomic E-state index is 9.63. The second-order valence-corrected chi connectivity index (χ2v) is 3.73. The molecule has 0 radical (unpaired) electrons. The van der Waals surface area contributed by atoms with Gasteiger partial charge in [-0.3, -0.25) is 0 Å². The maximum absolute atomic E-state index is 9.63. The highest BCUT2D eigenvalue weighted by Gasteiger charge is 2.16. The van der Waals surface area contributed by atoms with Gasteiger partial charge in [0.2, 0.25) is 0 Å². The summed E-state index contributed by atoms with van der Waals surface area (Å²) in [4.78, 5) is 0. The van der Waals surface area contributed by atoms with Crippen molar-refractivity contribution < 1.29 is 5.11 Å². The SMILES string of the molecule is C[C@H](N)[C@H](O)c1cccc(Cl)c1Cl. The predicted octanol–water partition coefficient (Wildman–Crippen LogP) is 2.37. The number of benzene rings is 1. The van der Waals surface area contributed by atoms with Crippen LogP contribution in [0.5, 0.6) is 0 Å². The molecule has 1 aromatic rings. The van der Waals surface area contributed by atoms with Crippen molar-refractivity contribution >= 4 is 23.2 Å². The van der Waals surface area contributed by atoms with Gasteiger partial charge in [0.15, 0.2) is 0 Å². The fourth-order valence-electron chi connectivity index (χ4n) is 1.03. The Hall–Kier alpha value is -0.280. The molecule has 0 aromatic heterocycles. The lowest BCUT2D eigenvalue weighted by Crippen LogP contribution is -2.24. The van der Waals surface area contributed by atoms with Gasteiger partial charge in [-0.25, -0.2) is 0 Å². The average molecular weight is 220 g/mol. The molecule has 0 fully saturated rings. The highest BCUT2D eigenvalue weighted by Crippen LogP contribution is 2.30. The van der Waals surface area contributed by atoms with Crippen LogP contribution in [0.25, 0.3) is 0 Å². The summed E-state index contributed by atoms with van der Waals surface area (Å²) in [6.45, 7) is 1.71. The monoisotopic (exact) mass is 219 g/mol. The van der Waals surface area contributed by atoms with Crippen LogP contribution in [0.15, 0.2) is 18.2 Å².